The fourth-order valence-electron chi connectivity index (χ4n) is 4.57. The molecule has 146 valence electrons. The third kappa shape index (κ3) is 4.73. The van der Waals surface area contributed by atoms with Gasteiger partial charge in [0.05, 0.1) is 0 Å². The van der Waals surface area contributed by atoms with Crippen LogP contribution in [0, 0.1) is 0 Å². The fraction of sp³-hybridized carbons (Fsp3) is 0.423. The zero-order valence-electron chi connectivity index (χ0n) is 16.8. The Kier molecular flexibility index (Phi) is 6.26. The summed E-state index contributed by atoms with van der Waals surface area (Å²) < 4.78 is 0. The maximum atomic E-state index is 12.5. The first-order valence-electron chi connectivity index (χ1n) is 11.0. The number of ketones is 1. The molecule has 2 aromatic carbocycles. The molecule has 0 aromatic heterocycles. The minimum atomic E-state index is 0.0709. The Hall–Kier alpha value is -2.35. The van der Waals surface area contributed by atoms with E-state index in [1.807, 2.05) is 18.2 Å². The van der Waals surface area contributed by atoms with Gasteiger partial charge in [-0.05, 0) is 79.5 Å². The number of benzene rings is 2. The van der Waals surface area contributed by atoms with Crippen LogP contribution in [0.3, 0.4) is 0 Å². The van der Waals surface area contributed by atoms with E-state index >= 15 is 0 Å². The predicted octanol–water partition coefficient (Wildman–Crippen LogP) is 6.62. The van der Waals surface area contributed by atoms with Crippen molar-refractivity contribution in [2.45, 2.75) is 57.3 Å². The summed E-state index contributed by atoms with van der Waals surface area (Å²) in [6.45, 7) is 2.26. The van der Waals surface area contributed by atoms with Crippen molar-refractivity contribution in [3.05, 3.63) is 71.3 Å². The highest BCUT2D eigenvalue weighted by Crippen LogP contribution is 2.32. The first kappa shape index (κ1) is 19.0. The lowest BCUT2D eigenvalue weighted by atomic mass is 9.84. The Balaban J connectivity index is 1.36. The number of anilines is 1. The largest absolute Gasteiger partial charge is 0.372 e. The summed E-state index contributed by atoms with van der Waals surface area (Å²) in [5.41, 5.74) is 4.55. The molecule has 0 spiro atoms. The molecule has 1 aliphatic carbocycles. The van der Waals surface area contributed by atoms with Crippen molar-refractivity contribution < 1.29 is 4.79 Å². The maximum Gasteiger partial charge on any atom is 0.185 e. The van der Waals surface area contributed by atoms with E-state index in [1.165, 1.54) is 62.6 Å². The minimum Gasteiger partial charge on any atom is -0.372 e. The van der Waals surface area contributed by atoms with Gasteiger partial charge in [-0.15, -0.1) is 0 Å². The number of carbonyl (C=O) groups is 1. The van der Waals surface area contributed by atoms with Crippen LogP contribution in [0.4, 0.5) is 5.69 Å². The standard InChI is InChI=1S/C26H31NO/c28-26(24-14-16-25(17-15-24)27-19-5-2-6-20-27)18-11-21-9-12-23(13-10-21)22-7-3-1-4-8-22/h9-18,22H,1-8,19-20H2/b18-11+. The van der Waals surface area contributed by atoms with E-state index in [0.29, 0.717) is 0 Å². The summed E-state index contributed by atoms with van der Waals surface area (Å²) in [4.78, 5) is 14.9. The van der Waals surface area contributed by atoms with Crippen molar-refractivity contribution in [1.29, 1.82) is 0 Å². The summed E-state index contributed by atoms with van der Waals surface area (Å²) in [5.74, 6) is 0.799. The summed E-state index contributed by atoms with van der Waals surface area (Å²) in [5, 5.41) is 0. The topological polar surface area (TPSA) is 20.3 Å². The number of rotatable bonds is 5. The molecule has 4 rings (SSSR count). The van der Waals surface area contributed by atoms with E-state index in [-0.39, 0.29) is 5.78 Å². The van der Waals surface area contributed by atoms with Crippen LogP contribution >= 0.6 is 0 Å². The molecule has 2 nitrogen and oxygen atoms in total. The summed E-state index contributed by atoms with van der Waals surface area (Å²) in [6, 6.07) is 16.9. The Morgan fingerprint density at radius 3 is 2.11 bits per heavy atom. The molecule has 0 bridgehead atoms. The van der Waals surface area contributed by atoms with Gasteiger partial charge in [0.1, 0.15) is 0 Å². The number of hydrogen-bond donors (Lipinski definition) is 0. The van der Waals surface area contributed by atoms with Crippen molar-refractivity contribution in [2.75, 3.05) is 18.0 Å². The van der Waals surface area contributed by atoms with Gasteiger partial charge in [0.15, 0.2) is 5.78 Å². The van der Waals surface area contributed by atoms with E-state index in [2.05, 4.69) is 41.3 Å². The van der Waals surface area contributed by atoms with Crippen LogP contribution in [0.15, 0.2) is 54.6 Å². The van der Waals surface area contributed by atoms with Crippen LogP contribution in [0.5, 0.6) is 0 Å². The highest BCUT2D eigenvalue weighted by Gasteiger charge is 2.15. The van der Waals surface area contributed by atoms with Crippen molar-refractivity contribution >= 4 is 17.5 Å². The van der Waals surface area contributed by atoms with E-state index in [0.717, 1.165) is 30.1 Å². The van der Waals surface area contributed by atoms with Gasteiger partial charge in [0.2, 0.25) is 0 Å². The second-order valence-electron chi connectivity index (χ2n) is 8.29. The summed E-state index contributed by atoms with van der Waals surface area (Å²) >= 11 is 0. The fourth-order valence-corrected chi connectivity index (χ4v) is 4.57. The van der Waals surface area contributed by atoms with Crippen LogP contribution < -0.4 is 4.90 Å². The summed E-state index contributed by atoms with van der Waals surface area (Å²) in [7, 11) is 0. The zero-order chi connectivity index (χ0) is 19.2. The molecular formula is C26H31NO. The second-order valence-corrected chi connectivity index (χ2v) is 8.29. The molecule has 2 heteroatoms. The third-order valence-electron chi connectivity index (χ3n) is 6.31. The van der Waals surface area contributed by atoms with Gasteiger partial charge >= 0.3 is 0 Å². The van der Waals surface area contributed by atoms with Gasteiger partial charge < -0.3 is 4.90 Å². The first-order valence-corrected chi connectivity index (χ1v) is 11.0. The number of piperidine rings is 1. The average molecular weight is 374 g/mol. The SMILES string of the molecule is O=C(/C=C/c1ccc(C2CCCCC2)cc1)c1ccc(N2CCCCC2)cc1. The van der Waals surface area contributed by atoms with Crippen LogP contribution in [0.25, 0.3) is 6.08 Å². The molecule has 0 amide bonds. The highest BCUT2D eigenvalue weighted by atomic mass is 16.1. The van der Waals surface area contributed by atoms with E-state index in [9.17, 15) is 4.79 Å². The second kappa shape index (κ2) is 9.23. The molecule has 2 aliphatic rings. The van der Waals surface area contributed by atoms with Gasteiger partial charge in [-0.3, -0.25) is 4.79 Å². The normalized spacial score (nSPS) is 18.5. The van der Waals surface area contributed by atoms with Gasteiger partial charge in [-0.2, -0.15) is 0 Å². The molecule has 0 N–H and O–H groups in total. The molecule has 1 saturated heterocycles. The molecule has 1 heterocycles. The Morgan fingerprint density at radius 1 is 0.786 bits per heavy atom. The zero-order valence-corrected chi connectivity index (χ0v) is 16.8. The van der Waals surface area contributed by atoms with E-state index < -0.39 is 0 Å². The lowest BCUT2D eigenvalue weighted by Gasteiger charge is -2.28. The smallest absolute Gasteiger partial charge is 0.185 e. The van der Waals surface area contributed by atoms with Crippen LogP contribution in [0.2, 0.25) is 0 Å². The Morgan fingerprint density at radius 2 is 1.43 bits per heavy atom. The average Bonchev–Trinajstić information content (AvgIpc) is 2.79. The summed E-state index contributed by atoms with van der Waals surface area (Å²) in [6.07, 6.45) is 14.2. The van der Waals surface area contributed by atoms with Crippen molar-refractivity contribution in [3.8, 4) is 0 Å². The van der Waals surface area contributed by atoms with Crippen molar-refractivity contribution in [1.82, 2.24) is 0 Å². The number of hydrogen-bond acceptors (Lipinski definition) is 2. The van der Waals surface area contributed by atoms with Crippen molar-refractivity contribution in [3.63, 3.8) is 0 Å². The third-order valence-corrected chi connectivity index (χ3v) is 6.31. The van der Waals surface area contributed by atoms with E-state index in [1.54, 1.807) is 6.08 Å². The van der Waals surface area contributed by atoms with Crippen LogP contribution in [0.1, 0.15) is 78.8 Å². The molecule has 0 unspecified atom stereocenters. The molecule has 28 heavy (non-hydrogen) atoms. The molecule has 0 atom stereocenters. The van der Waals surface area contributed by atoms with Gasteiger partial charge in [-0.1, -0.05) is 49.6 Å². The Labute approximate surface area is 169 Å². The number of nitrogens with zero attached hydrogens (tertiary/aromatic N) is 1. The monoisotopic (exact) mass is 373 g/mol. The van der Waals surface area contributed by atoms with Crippen molar-refractivity contribution in [2.24, 2.45) is 0 Å². The van der Waals surface area contributed by atoms with Crippen LogP contribution in [-0.4, -0.2) is 18.9 Å². The quantitative estimate of drug-likeness (QED) is 0.433. The van der Waals surface area contributed by atoms with Crippen LogP contribution in [-0.2, 0) is 0 Å². The van der Waals surface area contributed by atoms with Gasteiger partial charge in [0, 0.05) is 24.3 Å². The molecule has 1 aliphatic heterocycles. The van der Waals surface area contributed by atoms with Gasteiger partial charge in [-0.25, -0.2) is 0 Å². The predicted molar refractivity (Wildman–Crippen MR) is 118 cm³/mol. The number of allylic oxidation sites excluding steroid dienone is 1. The van der Waals surface area contributed by atoms with Gasteiger partial charge in [0.25, 0.3) is 0 Å². The first-order chi connectivity index (χ1) is 13.8. The molecule has 2 aromatic rings. The van der Waals surface area contributed by atoms with E-state index in [4.69, 9.17) is 0 Å². The molecule has 2 fully saturated rings. The lowest BCUT2D eigenvalue weighted by Crippen LogP contribution is -2.29. The molecule has 0 radical (unpaired) electrons. The minimum absolute atomic E-state index is 0.0709. The Bertz CT molecular complexity index is 791. The number of carbonyl (C=O) groups excluding carboxylic acids is 1. The molecule has 1 saturated carbocycles. The molecular weight excluding hydrogens is 342 g/mol. The maximum absolute atomic E-state index is 12.5. The lowest BCUT2D eigenvalue weighted by molar-refractivity contribution is 0.104. The highest BCUT2D eigenvalue weighted by molar-refractivity contribution is 6.06.